The maximum Gasteiger partial charge on any atom is 0.305 e. The lowest BCUT2D eigenvalue weighted by Gasteiger charge is -2.26. The van der Waals surface area contributed by atoms with Crippen LogP contribution in [0.5, 0.6) is 0 Å². The summed E-state index contributed by atoms with van der Waals surface area (Å²) in [5.41, 5.74) is 4.01. The van der Waals surface area contributed by atoms with Crippen LogP contribution >= 0.6 is 0 Å². The highest BCUT2D eigenvalue weighted by Gasteiger charge is 2.30. The van der Waals surface area contributed by atoms with Crippen molar-refractivity contribution in [2.24, 2.45) is 5.92 Å². The van der Waals surface area contributed by atoms with Gasteiger partial charge in [-0.25, -0.2) is 13.2 Å². The number of nitrogens with one attached hydrogen (secondary N) is 1. The number of nitrogens with zero attached hydrogens (tertiary/aromatic N) is 2. The van der Waals surface area contributed by atoms with E-state index in [1.165, 1.54) is 28.8 Å². The van der Waals surface area contributed by atoms with Gasteiger partial charge in [0, 0.05) is 37.5 Å². The van der Waals surface area contributed by atoms with E-state index in [9.17, 15) is 28.3 Å². The van der Waals surface area contributed by atoms with Gasteiger partial charge in [0.25, 0.3) is 5.56 Å². The third-order valence-electron chi connectivity index (χ3n) is 8.78. The second kappa shape index (κ2) is 14.7. The molecule has 1 amide bonds. The van der Waals surface area contributed by atoms with Gasteiger partial charge >= 0.3 is 5.97 Å². The van der Waals surface area contributed by atoms with E-state index in [1.54, 1.807) is 33.0 Å². The molecule has 2 heterocycles. The smallest absolute Gasteiger partial charge is 0.305 e. The molecule has 2 aromatic carbocycles. The van der Waals surface area contributed by atoms with Crippen molar-refractivity contribution in [1.82, 2.24) is 14.8 Å². The van der Waals surface area contributed by atoms with E-state index in [0.717, 1.165) is 11.1 Å². The molecule has 3 aromatic rings. The van der Waals surface area contributed by atoms with Crippen LogP contribution < -0.4 is 10.9 Å². The Morgan fingerprint density at radius 2 is 1.67 bits per heavy atom. The molecule has 4 rings (SSSR count). The molecule has 46 heavy (non-hydrogen) atoms. The summed E-state index contributed by atoms with van der Waals surface area (Å²) in [5.74, 6) is -2.91. The fraction of sp³-hybridized carbons (Fsp3) is 0.472. The number of aryl methyl sites for hydroxylation is 4. The molecule has 2 N–H and O–H groups in total. The third kappa shape index (κ3) is 8.26. The summed E-state index contributed by atoms with van der Waals surface area (Å²) in [4.78, 5) is 41.4. The van der Waals surface area contributed by atoms with Gasteiger partial charge in [0.05, 0.1) is 12.5 Å². The molecule has 1 aliphatic heterocycles. The van der Waals surface area contributed by atoms with Crippen molar-refractivity contribution in [2.75, 3.05) is 19.6 Å². The van der Waals surface area contributed by atoms with Gasteiger partial charge in [0.1, 0.15) is 23.8 Å². The van der Waals surface area contributed by atoms with E-state index in [4.69, 9.17) is 0 Å². The summed E-state index contributed by atoms with van der Waals surface area (Å²) in [6, 6.07) is 5.14. The second-order valence-electron chi connectivity index (χ2n) is 13.1. The highest BCUT2D eigenvalue weighted by molar-refractivity contribution is 5.82. The minimum Gasteiger partial charge on any atom is -0.481 e. The van der Waals surface area contributed by atoms with Crippen molar-refractivity contribution in [3.63, 3.8) is 0 Å². The van der Waals surface area contributed by atoms with Gasteiger partial charge in [0.15, 0.2) is 0 Å². The Morgan fingerprint density at radius 1 is 1.00 bits per heavy atom. The molecule has 1 aliphatic rings. The van der Waals surface area contributed by atoms with Crippen LogP contribution in [0.3, 0.4) is 0 Å². The van der Waals surface area contributed by atoms with Crippen LogP contribution in [0.25, 0.3) is 11.1 Å². The number of benzene rings is 2. The number of alkyl halides is 1. The van der Waals surface area contributed by atoms with Crippen LogP contribution in [0.2, 0.25) is 0 Å². The quantitative estimate of drug-likeness (QED) is 0.235. The number of carboxylic acid groups (broad SMARTS) is 1. The first-order valence-corrected chi connectivity index (χ1v) is 15.8. The minimum atomic E-state index is -1.25. The van der Waals surface area contributed by atoms with E-state index in [2.05, 4.69) is 5.32 Å². The monoisotopic (exact) mass is 639 g/mol. The van der Waals surface area contributed by atoms with Gasteiger partial charge in [-0.05, 0) is 116 Å². The van der Waals surface area contributed by atoms with E-state index < -0.39 is 48.2 Å². The van der Waals surface area contributed by atoms with Crippen LogP contribution in [-0.2, 0) is 16.0 Å². The highest BCUT2D eigenvalue weighted by Crippen LogP contribution is 2.34. The largest absolute Gasteiger partial charge is 0.481 e. The normalized spacial score (nSPS) is 16.5. The van der Waals surface area contributed by atoms with Crippen molar-refractivity contribution in [2.45, 2.75) is 85.5 Å². The third-order valence-corrected chi connectivity index (χ3v) is 8.78. The predicted molar refractivity (Wildman–Crippen MR) is 173 cm³/mol. The summed E-state index contributed by atoms with van der Waals surface area (Å²) < 4.78 is 44.9. The fourth-order valence-corrected chi connectivity index (χ4v) is 6.49. The van der Waals surface area contributed by atoms with Crippen LogP contribution in [-0.4, -0.2) is 52.3 Å². The molecule has 1 aromatic heterocycles. The first-order chi connectivity index (χ1) is 21.6. The maximum atomic E-state index is 15.8. The number of amides is 1. The van der Waals surface area contributed by atoms with Gasteiger partial charge < -0.3 is 19.9 Å². The molecule has 0 aliphatic carbocycles. The Morgan fingerprint density at radius 3 is 2.26 bits per heavy atom. The molecular formula is C36H44F3N3O4. The second-order valence-corrected chi connectivity index (χ2v) is 13.1. The van der Waals surface area contributed by atoms with Gasteiger partial charge in [-0.2, -0.15) is 0 Å². The van der Waals surface area contributed by atoms with Crippen molar-refractivity contribution >= 4 is 11.9 Å². The number of carbonyl (C=O) groups is 2. The Balaban J connectivity index is 1.71. The summed E-state index contributed by atoms with van der Waals surface area (Å²) in [5, 5.41) is 12.6. The van der Waals surface area contributed by atoms with E-state index in [0.29, 0.717) is 54.7 Å². The number of carbonyl (C=O) groups excluding carboxylic acids is 1. The number of rotatable bonds is 12. The number of pyridine rings is 1. The summed E-state index contributed by atoms with van der Waals surface area (Å²) in [6.45, 7) is 12.3. The van der Waals surface area contributed by atoms with E-state index in [-0.39, 0.29) is 29.0 Å². The average molecular weight is 640 g/mol. The standard InChI is InChI=1S/C36H44F3N3O4/c1-20(2)11-31(42-18-25(21(3)15-32(42)43)7-9-41-10-8-27(37)19-41)36(46)40-30(17-33(44)45)29-16-26(12-24(6)35(29)39)34-22(4)13-28(38)14-23(34)5/h12-16,18,20,27,30-31H,7-11,17,19H2,1-6H3,(H,40,46)(H,44,45)/t27?,30-,31?/m0/s1. The molecule has 7 nitrogen and oxygen atoms in total. The lowest BCUT2D eigenvalue weighted by molar-refractivity contribution is -0.138. The molecule has 0 bridgehead atoms. The van der Waals surface area contributed by atoms with Crippen molar-refractivity contribution in [3.05, 3.63) is 91.9 Å². The molecule has 1 fully saturated rings. The number of carboxylic acids is 1. The summed E-state index contributed by atoms with van der Waals surface area (Å²) >= 11 is 0. The van der Waals surface area contributed by atoms with Crippen LogP contribution in [0.4, 0.5) is 13.2 Å². The zero-order valence-corrected chi connectivity index (χ0v) is 27.4. The van der Waals surface area contributed by atoms with Gasteiger partial charge in [0.2, 0.25) is 5.91 Å². The lowest BCUT2D eigenvalue weighted by atomic mass is 9.90. The number of hydrogen-bond acceptors (Lipinski definition) is 4. The van der Waals surface area contributed by atoms with Gasteiger partial charge in [-0.1, -0.05) is 13.8 Å². The number of likely N-dealkylation sites (tertiary alicyclic amines) is 1. The first-order valence-electron chi connectivity index (χ1n) is 15.8. The van der Waals surface area contributed by atoms with Crippen molar-refractivity contribution in [3.8, 4) is 11.1 Å². The lowest BCUT2D eigenvalue weighted by Crippen LogP contribution is -2.40. The zero-order chi connectivity index (χ0) is 33.9. The van der Waals surface area contributed by atoms with Crippen LogP contribution in [0.1, 0.15) is 78.6 Å². The molecular weight excluding hydrogens is 595 g/mol. The fourth-order valence-electron chi connectivity index (χ4n) is 6.49. The molecule has 3 atom stereocenters. The molecule has 1 saturated heterocycles. The van der Waals surface area contributed by atoms with E-state index in [1.807, 2.05) is 25.7 Å². The van der Waals surface area contributed by atoms with E-state index >= 15 is 4.39 Å². The topological polar surface area (TPSA) is 91.6 Å². The number of halogens is 3. The molecule has 2 unspecified atom stereocenters. The van der Waals surface area contributed by atoms with Crippen LogP contribution in [0, 0.1) is 45.2 Å². The molecule has 0 saturated carbocycles. The Labute approximate surface area is 268 Å². The zero-order valence-electron chi connectivity index (χ0n) is 27.4. The molecule has 0 radical (unpaired) electrons. The summed E-state index contributed by atoms with van der Waals surface area (Å²) in [7, 11) is 0. The number of aliphatic carboxylic acids is 1. The number of aromatic nitrogens is 1. The Bertz CT molecular complexity index is 1650. The van der Waals surface area contributed by atoms with Crippen LogP contribution in [0.15, 0.2) is 41.3 Å². The van der Waals surface area contributed by atoms with Crippen molar-refractivity contribution < 1.29 is 27.9 Å². The molecule has 10 heteroatoms. The maximum absolute atomic E-state index is 15.8. The SMILES string of the molecule is Cc1cc(=O)n(C(CC(C)C)C(=O)N[C@@H](CC(=O)O)c2cc(-c3c(C)cc(F)cc3C)cc(C)c2F)cc1CCN1CCC(F)C1. The highest BCUT2D eigenvalue weighted by atomic mass is 19.1. The average Bonchev–Trinajstić information content (AvgIpc) is 3.36. The first kappa shape index (κ1) is 34.9. The Kier molecular flexibility index (Phi) is 11.1. The predicted octanol–water partition coefficient (Wildman–Crippen LogP) is 6.53. The van der Waals surface area contributed by atoms with Gasteiger partial charge in [-0.3, -0.25) is 14.4 Å². The molecule has 0 spiro atoms. The summed E-state index contributed by atoms with van der Waals surface area (Å²) in [6.07, 6.45) is 1.57. The number of hydrogen-bond donors (Lipinski definition) is 2. The van der Waals surface area contributed by atoms with Gasteiger partial charge in [-0.15, -0.1) is 0 Å². The Hall–Kier alpha value is -3.92. The molecule has 248 valence electrons. The van der Waals surface area contributed by atoms with Crippen molar-refractivity contribution in [1.29, 1.82) is 0 Å². The minimum absolute atomic E-state index is 0.00843.